The number of aliphatic hydroxyl groups excluding tert-OH is 1. The van der Waals surface area contributed by atoms with Crippen LogP contribution in [-0.2, 0) is 25.6 Å². The molecule has 0 unspecified atom stereocenters. The van der Waals surface area contributed by atoms with Gasteiger partial charge in [-0.2, -0.15) is 5.11 Å². The molecule has 0 fully saturated rings. The lowest BCUT2D eigenvalue weighted by atomic mass is 10.0. The number of ether oxygens (including phenoxy) is 4. The lowest BCUT2D eigenvalue weighted by Gasteiger charge is -2.11. The molecule has 0 bridgehead atoms. The number of nitrogens with two attached hydrogens (primary N) is 1. The zero-order chi connectivity index (χ0) is 83.4. The van der Waals surface area contributed by atoms with Crippen LogP contribution in [0.5, 0.6) is 23.0 Å². The first kappa shape index (κ1) is 83.5. The fraction of sp³-hybridized carbons (Fsp3) is 0.0976. The molecule has 0 atom stereocenters. The Morgan fingerprint density at radius 1 is 0.496 bits per heavy atom. The maximum Gasteiger partial charge on any atom is 0.350 e. The van der Waals surface area contributed by atoms with Gasteiger partial charge in [0, 0.05) is 32.9 Å². The molecule has 0 aliphatic carbocycles. The second kappa shape index (κ2) is 38.9. The van der Waals surface area contributed by atoms with Crippen molar-refractivity contribution < 1.29 is 78.0 Å². The number of anilines is 2. The Morgan fingerprint density at radius 3 is 1.32 bits per heavy atom. The Kier molecular flexibility index (Phi) is 27.8. The summed E-state index contributed by atoms with van der Waals surface area (Å²) in [6, 6.07) is 52.0. The first-order valence-corrected chi connectivity index (χ1v) is 39.1. The summed E-state index contributed by atoms with van der Waals surface area (Å²) in [5, 5.41) is 109. The molecule has 0 aliphatic heterocycles. The molecule has 10 aromatic carbocycles. The van der Waals surface area contributed by atoms with Gasteiger partial charge in [0.1, 0.15) is 54.4 Å². The molecule has 4 heterocycles. The second-order valence-electron chi connectivity index (χ2n) is 24.1. The van der Waals surface area contributed by atoms with Crippen LogP contribution in [0.4, 0.5) is 61.3 Å². The molecule has 3 amide bonds. The van der Waals surface area contributed by atoms with Crippen LogP contribution in [0.3, 0.4) is 0 Å². The minimum absolute atomic E-state index is 0.000262. The first-order valence-electron chi connectivity index (χ1n) is 34.4. The number of hydrogen-bond acceptors (Lipinski definition) is 31. The van der Waals surface area contributed by atoms with E-state index in [1.54, 1.807) is 151 Å². The van der Waals surface area contributed by atoms with E-state index in [4.69, 9.17) is 31.3 Å². The van der Waals surface area contributed by atoms with E-state index >= 15 is 0 Å². The summed E-state index contributed by atoms with van der Waals surface area (Å²) in [5.74, 6) is -5.43. The number of fused-ring (bicyclic) bond motifs is 4. The number of rotatable bonds is 20. The van der Waals surface area contributed by atoms with Crippen LogP contribution in [0.1, 0.15) is 89.2 Å². The molecule has 14 aromatic rings. The molecule has 4 aromatic heterocycles. The van der Waals surface area contributed by atoms with Gasteiger partial charge in [0.2, 0.25) is 5.69 Å². The number of aromatic hydroxyl groups is 4. The molecule has 0 radical (unpaired) electrons. The summed E-state index contributed by atoms with van der Waals surface area (Å²) >= 11 is 6.14. The molecule has 35 heteroatoms. The van der Waals surface area contributed by atoms with Gasteiger partial charge in [0.15, 0.2) is 27.3 Å². The smallest absolute Gasteiger partial charge is 0.350 e. The van der Waals surface area contributed by atoms with Crippen molar-refractivity contribution in [3.05, 3.63) is 258 Å². The zero-order valence-electron chi connectivity index (χ0n) is 62.2. The average Bonchev–Trinajstić information content (AvgIpc) is 1.79. The predicted octanol–water partition coefficient (Wildman–Crippen LogP) is 21.1. The number of phenolic OH excluding ortho intramolecular Hbond substituents is 3. The number of nitrogens with one attached hydrogen (secondary N) is 2. The SMILES string of the molecule is COC(=O)c1cc2ccccc2c(N=Nc2ccsc2C(=O)OC)c1O.COC(=O)c1sccc1N=Nc1c(O)c(C(=O)Nc2ccc(CO)cc2)cc2ccccc12.CSc1nnc(N=Nc2c(O)c(C(N)=O)cc3ccccc23)s1.[C-]#[N+]c1c(C(=O)OCC)csc1N=Nc1c(O)c(C(=O)Nc2ccc(C)cc2)cc2ccccc12. The quantitative estimate of drug-likeness (QED) is 0.0115. The lowest BCUT2D eigenvalue weighted by molar-refractivity contribution is 0.0525. The van der Waals surface area contributed by atoms with Gasteiger partial charge in [0.25, 0.3) is 22.9 Å². The standard InChI is InChI=1S/C26H20N4O4S.C24H19N3O5S.C18H14N2O5S.C14H11N5O2S2/c1-4-34-26(33)20-14-35-25(22(20)27-3)30-29-21-18-8-6-5-7-16(18)13-19(23(21)31)24(32)28-17-11-9-15(2)10-12-17;1-32-24(31)22-19(10-11-33-22)26-27-20-17-5-3-2-4-15(17)12-18(21(20)29)23(30)25-16-8-6-14(13-28)7-9-16;1-24-17(22)12-9-10-5-3-4-6-11(10)14(15(12)21)20-19-13-7-8-26-16(13)18(23)25-2;1-22-14-19-18-13(23-14)17-16-10-8-5-3-2-4-7(8)6-9(11(10)20)12(15)21/h5-14,31H,4H2,1-2H3,(H,28,32);2-12,28-29H,13H2,1H3,(H,25,30);3-9,21H,1-2H3;2-6,20H,1H3,(H2,15,21). The van der Waals surface area contributed by atoms with Crippen LogP contribution < -0.4 is 16.4 Å². The maximum absolute atomic E-state index is 13.0. The maximum atomic E-state index is 13.0. The Hall–Kier alpha value is -14.4. The Balaban J connectivity index is 0.000000155. The number of thiophene rings is 3. The molecule has 117 heavy (non-hydrogen) atoms. The summed E-state index contributed by atoms with van der Waals surface area (Å²) in [4.78, 5) is 89.1. The molecule has 14 rings (SSSR count). The zero-order valence-corrected chi connectivity index (χ0v) is 66.3. The molecular weight excluding hydrogens is 1600 g/mol. The largest absolute Gasteiger partial charge is 0.505 e. The Bertz CT molecular complexity index is 6310. The van der Waals surface area contributed by atoms with E-state index in [-0.39, 0.29) is 102 Å². The number of benzene rings is 10. The van der Waals surface area contributed by atoms with Gasteiger partial charge in [-0.15, -0.1) is 80.0 Å². The summed E-state index contributed by atoms with van der Waals surface area (Å²) in [6.07, 6.45) is 1.89. The predicted molar refractivity (Wildman–Crippen MR) is 448 cm³/mol. The van der Waals surface area contributed by atoms with E-state index in [2.05, 4.69) is 66.6 Å². The summed E-state index contributed by atoms with van der Waals surface area (Å²) < 4.78 is 19.9. The Morgan fingerprint density at radius 2 is 0.906 bits per heavy atom. The highest BCUT2D eigenvalue weighted by Crippen LogP contribution is 2.47. The number of methoxy groups -OCH3 is 3. The third-order valence-corrected chi connectivity index (χ3v) is 21.2. The third-order valence-electron chi connectivity index (χ3n) is 16.8. The number of azo groups is 4. The number of primary amides is 1. The molecule has 0 saturated heterocycles. The van der Waals surface area contributed by atoms with E-state index in [1.165, 1.54) is 84.6 Å². The average molecular weight is 1660 g/mol. The number of phenols is 4. The number of carbonyl (C=O) groups is 7. The van der Waals surface area contributed by atoms with Crippen molar-refractivity contribution in [2.24, 2.45) is 46.6 Å². The molecule has 588 valence electrons. The highest BCUT2D eigenvalue weighted by Gasteiger charge is 2.26. The third kappa shape index (κ3) is 19.6. The minimum atomic E-state index is -0.731. The van der Waals surface area contributed by atoms with Crippen molar-refractivity contribution in [3.63, 3.8) is 0 Å². The first-order chi connectivity index (χ1) is 56.6. The molecule has 30 nitrogen and oxygen atoms in total. The Labute approximate surface area is 684 Å². The van der Waals surface area contributed by atoms with Crippen LogP contribution in [0, 0.1) is 13.5 Å². The van der Waals surface area contributed by atoms with Crippen molar-refractivity contribution >= 4 is 203 Å². The molecular formula is C82H64N14O16S5. The van der Waals surface area contributed by atoms with Crippen LogP contribution in [0.25, 0.3) is 47.9 Å². The van der Waals surface area contributed by atoms with Crippen LogP contribution >= 0.6 is 57.1 Å². The van der Waals surface area contributed by atoms with Gasteiger partial charge in [-0.3, -0.25) is 14.4 Å². The summed E-state index contributed by atoms with van der Waals surface area (Å²) in [7, 11) is 3.79. The number of aliphatic hydroxyl groups is 1. The van der Waals surface area contributed by atoms with Crippen LogP contribution in [-0.4, -0.2) is 112 Å². The van der Waals surface area contributed by atoms with Crippen molar-refractivity contribution in [2.45, 2.75) is 24.8 Å². The number of thioether (sulfide) groups is 1. The van der Waals surface area contributed by atoms with Crippen molar-refractivity contribution in [1.82, 2.24) is 10.2 Å². The molecule has 9 N–H and O–H groups in total. The van der Waals surface area contributed by atoms with E-state index < -0.39 is 41.6 Å². The summed E-state index contributed by atoms with van der Waals surface area (Å²) in [5.41, 5.74) is 9.44. The molecule has 0 saturated carbocycles. The van der Waals surface area contributed by atoms with E-state index in [0.717, 1.165) is 26.6 Å². The molecule has 0 aliphatic rings. The van der Waals surface area contributed by atoms with Gasteiger partial charge < -0.3 is 60.8 Å². The number of esters is 4. The van der Waals surface area contributed by atoms with Crippen molar-refractivity contribution in [1.29, 1.82) is 0 Å². The highest BCUT2D eigenvalue weighted by molar-refractivity contribution is 8.00. The number of hydrogen-bond donors (Lipinski definition) is 8. The topological polar surface area (TPSA) is 437 Å². The fourth-order valence-electron chi connectivity index (χ4n) is 11.1. The normalized spacial score (nSPS) is 11.1. The van der Waals surface area contributed by atoms with Crippen LogP contribution in [0.2, 0.25) is 0 Å². The lowest BCUT2D eigenvalue weighted by Crippen LogP contribution is -2.12. The number of aryl methyl sites for hydroxylation is 1. The summed E-state index contributed by atoms with van der Waals surface area (Å²) in [6.45, 7) is 11.2. The number of carbonyl (C=O) groups excluding carboxylic acids is 7. The van der Waals surface area contributed by atoms with Gasteiger partial charge in [-0.1, -0.05) is 150 Å². The molecule has 0 spiro atoms. The van der Waals surface area contributed by atoms with Crippen molar-refractivity contribution in [3.8, 4) is 23.0 Å². The van der Waals surface area contributed by atoms with Gasteiger partial charge in [-0.25, -0.2) is 24.0 Å². The van der Waals surface area contributed by atoms with Gasteiger partial charge in [0.05, 0.1) is 63.4 Å². The van der Waals surface area contributed by atoms with E-state index in [1.807, 2.05) is 49.6 Å². The monoisotopic (exact) mass is 1660 g/mol. The minimum Gasteiger partial charge on any atom is -0.505 e. The van der Waals surface area contributed by atoms with E-state index in [0.29, 0.717) is 76.0 Å². The van der Waals surface area contributed by atoms with Crippen LogP contribution in [0.15, 0.2) is 243 Å². The van der Waals surface area contributed by atoms with Gasteiger partial charge in [-0.05, 0) is 124 Å². The number of amides is 3. The van der Waals surface area contributed by atoms with Gasteiger partial charge >= 0.3 is 23.9 Å². The number of nitrogens with zero attached hydrogens (tertiary/aromatic N) is 11. The van der Waals surface area contributed by atoms with E-state index in [9.17, 15) is 59.1 Å². The second-order valence-corrected chi connectivity index (χ2v) is 28.8. The fourth-order valence-corrected chi connectivity index (χ4v) is 14.4. The van der Waals surface area contributed by atoms with Crippen molar-refractivity contribution in [2.75, 3.05) is 44.8 Å². The highest BCUT2D eigenvalue weighted by atomic mass is 32.2. The number of aromatic nitrogens is 2.